The third-order valence-electron chi connectivity index (χ3n) is 8.65. The first-order valence-corrected chi connectivity index (χ1v) is 15.1. The van der Waals surface area contributed by atoms with Crippen molar-refractivity contribution in [2.45, 2.75) is 77.3 Å². The SMILES string of the molecule is Cc1ccc2c(CC(C)(C)C)c3c(c(C)c2c1)-c1c2c(cc4cccc(CC(C)(C)C(F)(F)F)c4c2cc[n+]1C)S3. The maximum atomic E-state index is 14.0. The zero-order valence-electron chi connectivity index (χ0n) is 25.1. The molecule has 41 heavy (non-hydrogen) atoms. The van der Waals surface area contributed by atoms with E-state index >= 15 is 0 Å². The minimum absolute atomic E-state index is 0.0684. The van der Waals surface area contributed by atoms with Gasteiger partial charge in [-0.3, -0.25) is 0 Å². The van der Waals surface area contributed by atoms with Gasteiger partial charge in [0.2, 0.25) is 5.69 Å². The molecule has 0 saturated heterocycles. The smallest absolute Gasteiger partial charge is 0.200 e. The molecule has 0 aliphatic carbocycles. The Bertz CT molecular complexity index is 1890. The Labute approximate surface area is 244 Å². The van der Waals surface area contributed by atoms with Crippen molar-refractivity contribution in [3.05, 3.63) is 77.0 Å². The third kappa shape index (κ3) is 4.52. The fourth-order valence-corrected chi connectivity index (χ4v) is 7.89. The van der Waals surface area contributed by atoms with Crippen molar-refractivity contribution >= 4 is 44.1 Å². The van der Waals surface area contributed by atoms with Crippen molar-refractivity contribution < 1.29 is 17.7 Å². The molecule has 1 aliphatic heterocycles. The molecule has 1 aromatic heterocycles. The lowest BCUT2D eigenvalue weighted by molar-refractivity contribution is -0.659. The summed E-state index contributed by atoms with van der Waals surface area (Å²) in [5.41, 5.74) is 5.27. The van der Waals surface area contributed by atoms with Gasteiger partial charge in [0.15, 0.2) is 6.20 Å². The van der Waals surface area contributed by atoms with E-state index in [4.69, 9.17) is 0 Å². The molecule has 6 rings (SSSR count). The van der Waals surface area contributed by atoms with Crippen LogP contribution in [-0.4, -0.2) is 6.18 Å². The average Bonchev–Trinajstić information content (AvgIpc) is 2.86. The highest BCUT2D eigenvalue weighted by Crippen LogP contribution is 2.54. The minimum atomic E-state index is -4.29. The average molecular weight is 573 g/mol. The van der Waals surface area contributed by atoms with Crippen LogP contribution >= 0.6 is 11.8 Å². The van der Waals surface area contributed by atoms with Crippen LogP contribution in [0.25, 0.3) is 43.6 Å². The number of rotatable bonds is 3. The van der Waals surface area contributed by atoms with Crippen molar-refractivity contribution in [1.29, 1.82) is 0 Å². The molecule has 0 spiro atoms. The molecule has 5 heteroatoms. The molecule has 1 nitrogen and oxygen atoms in total. The first-order chi connectivity index (χ1) is 19.1. The minimum Gasteiger partial charge on any atom is -0.200 e. The van der Waals surface area contributed by atoms with Crippen LogP contribution in [0.15, 0.2) is 64.5 Å². The van der Waals surface area contributed by atoms with Gasteiger partial charge in [-0.1, -0.05) is 88.3 Å². The molecule has 5 aromatic rings. The molecule has 0 bridgehead atoms. The summed E-state index contributed by atoms with van der Waals surface area (Å²) in [5, 5.41) is 6.66. The highest BCUT2D eigenvalue weighted by atomic mass is 32.2. The van der Waals surface area contributed by atoms with Gasteiger partial charge in [-0.2, -0.15) is 13.2 Å². The number of pyridine rings is 1. The van der Waals surface area contributed by atoms with Crippen LogP contribution in [0.1, 0.15) is 56.9 Å². The van der Waals surface area contributed by atoms with Crippen LogP contribution in [0.5, 0.6) is 0 Å². The van der Waals surface area contributed by atoms with E-state index < -0.39 is 11.6 Å². The lowest BCUT2D eigenvalue weighted by Gasteiger charge is -2.29. The Morgan fingerprint density at radius 2 is 1.54 bits per heavy atom. The summed E-state index contributed by atoms with van der Waals surface area (Å²) in [5.74, 6) is 0. The third-order valence-corrected chi connectivity index (χ3v) is 9.84. The van der Waals surface area contributed by atoms with Crippen molar-refractivity contribution in [2.24, 2.45) is 17.9 Å². The van der Waals surface area contributed by atoms with Crippen molar-refractivity contribution in [2.75, 3.05) is 0 Å². The number of halogens is 3. The molecule has 1 aliphatic rings. The molecule has 0 saturated carbocycles. The van der Waals surface area contributed by atoms with Crippen LogP contribution in [0.2, 0.25) is 0 Å². The molecule has 0 unspecified atom stereocenters. The highest BCUT2D eigenvalue weighted by Gasteiger charge is 2.47. The quantitative estimate of drug-likeness (QED) is 0.151. The summed E-state index contributed by atoms with van der Waals surface area (Å²) in [6.45, 7) is 13.8. The number of benzene rings is 4. The van der Waals surface area contributed by atoms with Gasteiger partial charge in [0, 0.05) is 21.2 Å². The molecule has 0 fully saturated rings. The number of fused-ring (bicyclic) bond motifs is 5. The summed E-state index contributed by atoms with van der Waals surface area (Å²) in [6.07, 6.45) is -1.33. The standard InChI is InChI=1S/C36H37F3NS/c1-20-12-13-24-26(16-20)21(2)29-32-31-25(14-15-40(32)8)30-22(10-9-11-23(30)18-35(6,7)36(37,38)39)17-28(31)41-33(29)27(24)19-34(3,4)5/h9-17H,18-19H2,1-8H3/q+1. The number of hydrogen-bond donors (Lipinski definition) is 0. The lowest BCUT2D eigenvalue weighted by atomic mass is 9.81. The fraction of sp³-hybridized carbons (Fsp3) is 0.361. The Hall–Kier alpha value is -3.05. The molecule has 0 atom stereocenters. The monoisotopic (exact) mass is 572 g/mol. The second-order valence-corrected chi connectivity index (χ2v) is 14.8. The van der Waals surface area contributed by atoms with E-state index in [0.29, 0.717) is 0 Å². The van der Waals surface area contributed by atoms with Gasteiger partial charge < -0.3 is 0 Å². The summed E-state index contributed by atoms with van der Waals surface area (Å²) in [6, 6.07) is 16.9. The van der Waals surface area contributed by atoms with Crippen LogP contribution in [0.3, 0.4) is 0 Å². The number of aryl methyl sites for hydroxylation is 3. The normalized spacial score (nSPS) is 13.8. The van der Waals surface area contributed by atoms with E-state index in [9.17, 15) is 13.2 Å². The van der Waals surface area contributed by atoms with Crippen molar-refractivity contribution in [3.63, 3.8) is 0 Å². The molecule has 0 amide bonds. The van der Waals surface area contributed by atoms with E-state index in [1.807, 2.05) is 30.0 Å². The van der Waals surface area contributed by atoms with Crippen LogP contribution in [0, 0.1) is 24.7 Å². The van der Waals surface area contributed by atoms with E-state index in [1.165, 1.54) is 56.7 Å². The molecular weight excluding hydrogens is 535 g/mol. The predicted octanol–water partition coefficient (Wildman–Crippen LogP) is 10.4. The Kier molecular flexibility index (Phi) is 6.32. The number of alkyl halides is 3. The van der Waals surface area contributed by atoms with Gasteiger partial charge in [-0.15, -0.1) is 0 Å². The lowest BCUT2D eigenvalue weighted by Crippen LogP contribution is -2.34. The number of nitrogens with zero attached hydrogens (tertiary/aromatic N) is 1. The van der Waals surface area contributed by atoms with E-state index in [0.717, 1.165) is 39.2 Å². The summed E-state index contributed by atoms with van der Waals surface area (Å²) >= 11 is 1.83. The summed E-state index contributed by atoms with van der Waals surface area (Å²) in [4.78, 5) is 2.47. The second kappa shape index (κ2) is 9.22. The number of aromatic nitrogens is 1. The maximum absolute atomic E-state index is 14.0. The van der Waals surface area contributed by atoms with Crippen molar-refractivity contribution in [3.8, 4) is 11.3 Å². The van der Waals surface area contributed by atoms with Crippen LogP contribution < -0.4 is 4.57 Å². The molecular formula is C36H37F3NS+. The van der Waals surface area contributed by atoms with Crippen molar-refractivity contribution in [1.82, 2.24) is 0 Å². The first kappa shape index (κ1) is 28.1. The highest BCUT2D eigenvalue weighted by molar-refractivity contribution is 8.00. The molecule has 2 heterocycles. The Balaban J connectivity index is 1.73. The topological polar surface area (TPSA) is 3.88 Å². The second-order valence-electron chi connectivity index (χ2n) is 13.7. The molecule has 0 radical (unpaired) electrons. The van der Waals surface area contributed by atoms with E-state index in [-0.39, 0.29) is 11.8 Å². The molecule has 212 valence electrons. The van der Waals surface area contributed by atoms with Gasteiger partial charge in [0.25, 0.3) is 0 Å². The predicted molar refractivity (Wildman–Crippen MR) is 166 cm³/mol. The molecule has 0 N–H and O–H groups in total. The zero-order chi connectivity index (χ0) is 29.6. The van der Waals surface area contributed by atoms with Crippen LogP contribution in [-0.2, 0) is 19.9 Å². The zero-order valence-corrected chi connectivity index (χ0v) is 25.9. The maximum Gasteiger partial charge on any atom is 0.394 e. The largest absolute Gasteiger partial charge is 0.394 e. The van der Waals surface area contributed by atoms with Crippen LogP contribution in [0.4, 0.5) is 13.2 Å². The van der Waals surface area contributed by atoms with E-state index in [2.05, 4.69) is 82.8 Å². The fourth-order valence-electron chi connectivity index (χ4n) is 6.52. The Morgan fingerprint density at radius 1 is 0.805 bits per heavy atom. The van der Waals surface area contributed by atoms with E-state index in [1.54, 1.807) is 0 Å². The number of hydrogen-bond acceptors (Lipinski definition) is 1. The first-order valence-electron chi connectivity index (χ1n) is 14.2. The van der Waals surface area contributed by atoms with Gasteiger partial charge in [-0.05, 0) is 76.4 Å². The van der Waals surface area contributed by atoms with Gasteiger partial charge in [0.1, 0.15) is 7.05 Å². The van der Waals surface area contributed by atoms with Gasteiger partial charge in [0.05, 0.1) is 16.4 Å². The molecule has 4 aromatic carbocycles. The summed E-state index contributed by atoms with van der Waals surface area (Å²) in [7, 11) is 2.09. The van der Waals surface area contributed by atoms with Gasteiger partial charge in [-0.25, -0.2) is 4.57 Å². The summed E-state index contributed by atoms with van der Waals surface area (Å²) < 4.78 is 44.2. The van der Waals surface area contributed by atoms with Gasteiger partial charge >= 0.3 is 6.18 Å². The Morgan fingerprint density at radius 3 is 2.22 bits per heavy atom.